The molecule has 0 spiro atoms. The van der Waals surface area contributed by atoms with Crippen LogP contribution in [0.1, 0.15) is 12.0 Å². The average molecular weight is 245 g/mol. The first-order chi connectivity index (χ1) is 8.61. The lowest BCUT2D eigenvalue weighted by atomic mass is 9.94. The molecule has 1 aliphatic carbocycles. The van der Waals surface area contributed by atoms with E-state index >= 15 is 0 Å². The molecule has 18 heavy (non-hydrogen) atoms. The third kappa shape index (κ3) is 2.13. The molecule has 6 heteroatoms. The molecule has 0 aromatic heterocycles. The smallest absolute Gasteiger partial charge is 0.258 e. The number of allylic oxidation sites excluding steroid dienone is 3. The van der Waals surface area contributed by atoms with Crippen LogP contribution in [0.5, 0.6) is 0 Å². The minimum atomic E-state index is -0.536. The molecule has 0 aliphatic heterocycles. The first kappa shape index (κ1) is 12.0. The van der Waals surface area contributed by atoms with Crippen molar-refractivity contribution in [2.45, 2.75) is 6.42 Å². The first-order valence-electron chi connectivity index (χ1n) is 5.23. The van der Waals surface area contributed by atoms with Gasteiger partial charge in [0.25, 0.3) is 11.4 Å². The Balaban J connectivity index is 2.63. The molecule has 6 nitrogen and oxygen atoms in total. The summed E-state index contributed by atoms with van der Waals surface area (Å²) in [4.78, 5) is 20.8. The van der Waals surface area contributed by atoms with Crippen molar-refractivity contribution in [1.29, 1.82) is 0 Å². The van der Waals surface area contributed by atoms with Crippen LogP contribution in [-0.4, -0.2) is 9.85 Å². The van der Waals surface area contributed by atoms with Crippen molar-refractivity contribution in [3.63, 3.8) is 0 Å². The van der Waals surface area contributed by atoms with Crippen LogP contribution in [0.2, 0.25) is 0 Å². The SMILES string of the molecule is O=[N+]([O-])C1=C(c2ccccc2[N+](=O)[O-])[CH]CC=C1. The number of nitrogens with zero attached hydrogens (tertiary/aromatic N) is 2. The van der Waals surface area contributed by atoms with Crippen molar-refractivity contribution in [3.8, 4) is 0 Å². The van der Waals surface area contributed by atoms with E-state index in [1.807, 2.05) is 0 Å². The van der Waals surface area contributed by atoms with Crippen molar-refractivity contribution in [1.82, 2.24) is 0 Å². The summed E-state index contributed by atoms with van der Waals surface area (Å²) in [5.41, 5.74) is 0.335. The molecular formula is C12H9N2O4. The minimum Gasteiger partial charge on any atom is -0.258 e. The second-order valence-corrected chi connectivity index (χ2v) is 3.67. The molecule has 0 fully saturated rings. The van der Waals surface area contributed by atoms with Crippen LogP contribution in [0.3, 0.4) is 0 Å². The Labute approximate surface area is 103 Å². The lowest BCUT2D eigenvalue weighted by Crippen LogP contribution is -2.06. The van der Waals surface area contributed by atoms with E-state index in [1.165, 1.54) is 24.3 Å². The fourth-order valence-corrected chi connectivity index (χ4v) is 1.83. The second-order valence-electron chi connectivity index (χ2n) is 3.67. The molecule has 0 bridgehead atoms. The standard InChI is InChI=1S/C12H9N2O4/c15-13(16)11-7-3-1-5-9(11)10-6-2-4-8-12(10)14(17)18/h1,3-8H,2H2. The van der Waals surface area contributed by atoms with Crippen LogP contribution in [0.25, 0.3) is 5.57 Å². The fraction of sp³-hybridized carbons (Fsp3) is 0.0833. The van der Waals surface area contributed by atoms with Gasteiger partial charge in [-0.1, -0.05) is 18.2 Å². The van der Waals surface area contributed by atoms with E-state index in [2.05, 4.69) is 0 Å². The number of nitro groups is 2. The summed E-state index contributed by atoms with van der Waals surface area (Å²) in [6.45, 7) is 0. The van der Waals surface area contributed by atoms with E-state index in [4.69, 9.17) is 0 Å². The maximum Gasteiger partial charge on any atom is 0.277 e. The van der Waals surface area contributed by atoms with Gasteiger partial charge >= 0.3 is 0 Å². The van der Waals surface area contributed by atoms with Gasteiger partial charge in [0, 0.05) is 24.1 Å². The van der Waals surface area contributed by atoms with Crippen LogP contribution < -0.4 is 0 Å². The van der Waals surface area contributed by atoms with Crippen LogP contribution >= 0.6 is 0 Å². The molecule has 0 N–H and O–H groups in total. The fourth-order valence-electron chi connectivity index (χ4n) is 1.83. The van der Waals surface area contributed by atoms with E-state index in [1.54, 1.807) is 18.6 Å². The predicted octanol–water partition coefficient (Wildman–Crippen LogP) is 2.75. The lowest BCUT2D eigenvalue weighted by molar-refractivity contribution is -0.418. The zero-order chi connectivity index (χ0) is 13.1. The summed E-state index contributed by atoms with van der Waals surface area (Å²) in [5.74, 6) is 0. The second kappa shape index (κ2) is 4.79. The van der Waals surface area contributed by atoms with E-state index < -0.39 is 9.85 Å². The number of para-hydroxylation sites is 1. The maximum atomic E-state index is 10.9. The number of benzene rings is 1. The molecule has 1 aromatic rings. The molecule has 0 atom stereocenters. The molecule has 1 aromatic carbocycles. The van der Waals surface area contributed by atoms with Crippen molar-refractivity contribution in [2.75, 3.05) is 0 Å². The van der Waals surface area contributed by atoms with Crippen molar-refractivity contribution in [3.05, 3.63) is 74.3 Å². The van der Waals surface area contributed by atoms with Crippen molar-refractivity contribution < 1.29 is 9.85 Å². The molecule has 2 rings (SSSR count). The normalized spacial score (nSPS) is 14.7. The average Bonchev–Trinajstić information content (AvgIpc) is 2.38. The quantitative estimate of drug-likeness (QED) is 0.605. The van der Waals surface area contributed by atoms with E-state index in [0.717, 1.165) is 0 Å². The Kier molecular flexibility index (Phi) is 3.18. The molecular weight excluding hydrogens is 236 g/mol. The van der Waals surface area contributed by atoms with Gasteiger partial charge in [-0.3, -0.25) is 20.2 Å². The zero-order valence-corrected chi connectivity index (χ0v) is 9.28. The van der Waals surface area contributed by atoms with Gasteiger partial charge in [0.2, 0.25) is 0 Å². The molecule has 0 heterocycles. The van der Waals surface area contributed by atoms with Gasteiger partial charge in [-0.15, -0.1) is 0 Å². The summed E-state index contributed by atoms with van der Waals surface area (Å²) in [6, 6.07) is 6.02. The molecule has 0 saturated carbocycles. The molecule has 0 saturated heterocycles. The highest BCUT2D eigenvalue weighted by atomic mass is 16.6. The number of hydrogen-bond donors (Lipinski definition) is 0. The van der Waals surface area contributed by atoms with Gasteiger partial charge < -0.3 is 0 Å². The third-order valence-corrected chi connectivity index (χ3v) is 2.60. The largest absolute Gasteiger partial charge is 0.277 e. The Morgan fingerprint density at radius 3 is 2.44 bits per heavy atom. The van der Waals surface area contributed by atoms with E-state index in [0.29, 0.717) is 12.0 Å². The number of nitro benzene ring substituents is 1. The highest BCUT2D eigenvalue weighted by Gasteiger charge is 2.25. The van der Waals surface area contributed by atoms with Crippen LogP contribution in [0.4, 0.5) is 5.69 Å². The van der Waals surface area contributed by atoms with Crippen molar-refractivity contribution in [2.24, 2.45) is 0 Å². The third-order valence-electron chi connectivity index (χ3n) is 2.60. The summed E-state index contributed by atoms with van der Waals surface area (Å²) < 4.78 is 0. The minimum absolute atomic E-state index is 0.115. The van der Waals surface area contributed by atoms with E-state index in [-0.39, 0.29) is 16.9 Å². The Bertz CT molecular complexity index is 575. The van der Waals surface area contributed by atoms with Crippen LogP contribution in [0, 0.1) is 26.6 Å². The van der Waals surface area contributed by atoms with Gasteiger partial charge in [-0.25, -0.2) is 0 Å². The monoisotopic (exact) mass is 245 g/mol. The van der Waals surface area contributed by atoms with Gasteiger partial charge in [-0.05, 0) is 12.5 Å². The van der Waals surface area contributed by atoms with Gasteiger partial charge in [0.05, 0.1) is 15.4 Å². The van der Waals surface area contributed by atoms with Crippen LogP contribution in [-0.2, 0) is 0 Å². The van der Waals surface area contributed by atoms with Gasteiger partial charge in [-0.2, -0.15) is 0 Å². The van der Waals surface area contributed by atoms with Crippen molar-refractivity contribution >= 4 is 11.3 Å². The Morgan fingerprint density at radius 1 is 1.06 bits per heavy atom. The van der Waals surface area contributed by atoms with Crippen LogP contribution in [0.15, 0.2) is 42.1 Å². The summed E-state index contributed by atoms with van der Waals surface area (Å²) in [5, 5.41) is 21.8. The van der Waals surface area contributed by atoms with Gasteiger partial charge in [0.15, 0.2) is 0 Å². The molecule has 1 radical (unpaired) electrons. The summed E-state index contributed by atoms with van der Waals surface area (Å²) in [6.07, 6.45) is 5.18. The number of hydrogen-bond acceptors (Lipinski definition) is 4. The maximum absolute atomic E-state index is 10.9. The van der Waals surface area contributed by atoms with Gasteiger partial charge in [0.1, 0.15) is 0 Å². The van der Waals surface area contributed by atoms with E-state index in [9.17, 15) is 20.2 Å². The number of rotatable bonds is 3. The molecule has 91 valence electrons. The summed E-state index contributed by atoms with van der Waals surface area (Å²) >= 11 is 0. The highest BCUT2D eigenvalue weighted by molar-refractivity contribution is 5.81. The first-order valence-corrected chi connectivity index (χ1v) is 5.23. The molecule has 1 aliphatic rings. The molecule has 0 unspecified atom stereocenters. The molecule has 0 amide bonds. The topological polar surface area (TPSA) is 86.3 Å². The predicted molar refractivity (Wildman–Crippen MR) is 65.1 cm³/mol. The highest BCUT2D eigenvalue weighted by Crippen LogP contribution is 2.33. The lowest BCUT2D eigenvalue weighted by Gasteiger charge is -2.10. The zero-order valence-electron chi connectivity index (χ0n) is 9.28. The summed E-state index contributed by atoms with van der Waals surface area (Å²) in [7, 11) is 0. The Morgan fingerprint density at radius 2 is 1.78 bits per heavy atom. The Hall–Kier alpha value is -2.50.